The molecule has 27 heavy (non-hydrogen) atoms. The summed E-state index contributed by atoms with van der Waals surface area (Å²) < 4.78 is 0. The first kappa shape index (κ1) is 19.3. The molecule has 0 bridgehead atoms. The van der Waals surface area contributed by atoms with Crippen LogP contribution in [-0.4, -0.2) is 5.11 Å². The van der Waals surface area contributed by atoms with Crippen molar-refractivity contribution in [2.75, 3.05) is 0 Å². The molecule has 0 radical (unpaired) electrons. The van der Waals surface area contributed by atoms with E-state index in [0.29, 0.717) is 11.7 Å². The largest absolute Gasteiger partial charge is 0.508 e. The Morgan fingerprint density at radius 2 is 1.19 bits per heavy atom. The van der Waals surface area contributed by atoms with Gasteiger partial charge in [-0.15, -0.1) is 0 Å². The Morgan fingerprint density at radius 1 is 0.630 bits per heavy atom. The number of para-hydroxylation sites is 1. The standard InChI is InChI=1S/C26H40O/c27-25-10-6-5-9-24(25)23-13-11-21(12-14-23)22-15-19-26(20-16-22)17-7-3-1-2-4-8-18-26/h5-6,9-10,21-23,27H,1-4,7-8,11-20H2. The van der Waals surface area contributed by atoms with Gasteiger partial charge in [0, 0.05) is 0 Å². The highest BCUT2D eigenvalue weighted by Gasteiger charge is 2.38. The van der Waals surface area contributed by atoms with E-state index in [1.165, 1.54) is 108 Å². The fourth-order valence-electron chi connectivity index (χ4n) is 6.79. The van der Waals surface area contributed by atoms with Gasteiger partial charge >= 0.3 is 0 Å². The van der Waals surface area contributed by atoms with Gasteiger partial charge in [-0.1, -0.05) is 56.7 Å². The van der Waals surface area contributed by atoms with Crippen molar-refractivity contribution in [2.45, 2.75) is 109 Å². The van der Waals surface area contributed by atoms with Gasteiger partial charge in [0.05, 0.1) is 0 Å². The van der Waals surface area contributed by atoms with Crippen molar-refractivity contribution >= 4 is 0 Å². The van der Waals surface area contributed by atoms with Crippen LogP contribution in [0.3, 0.4) is 0 Å². The van der Waals surface area contributed by atoms with Crippen molar-refractivity contribution < 1.29 is 5.11 Å². The second kappa shape index (κ2) is 9.01. The van der Waals surface area contributed by atoms with Gasteiger partial charge in [0.25, 0.3) is 0 Å². The Bertz CT molecular complexity index is 564. The third-order valence-electron chi connectivity index (χ3n) is 8.57. The van der Waals surface area contributed by atoms with E-state index in [2.05, 4.69) is 12.1 Å². The molecule has 0 heterocycles. The zero-order valence-corrected chi connectivity index (χ0v) is 17.3. The molecule has 1 spiro atoms. The van der Waals surface area contributed by atoms with Crippen molar-refractivity contribution in [1.29, 1.82) is 0 Å². The number of benzene rings is 1. The molecule has 1 aromatic carbocycles. The summed E-state index contributed by atoms with van der Waals surface area (Å²) in [6.45, 7) is 0. The molecule has 4 rings (SSSR count). The normalized spacial score (nSPS) is 30.4. The molecular formula is C26H40O. The van der Waals surface area contributed by atoms with Gasteiger partial charge in [0.1, 0.15) is 5.75 Å². The van der Waals surface area contributed by atoms with Gasteiger partial charge in [-0.05, 0) is 99.0 Å². The summed E-state index contributed by atoms with van der Waals surface area (Å²) in [5, 5.41) is 10.2. The van der Waals surface area contributed by atoms with Crippen molar-refractivity contribution in [1.82, 2.24) is 0 Å². The number of phenolic OH excluding ortho intramolecular Hbond substituents is 1. The second-order valence-corrected chi connectivity index (χ2v) is 10.1. The van der Waals surface area contributed by atoms with Crippen LogP contribution in [0.4, 0.5) is 0 Å². The molecule has 0 atom stereocenters. The lowest BCUT2D eigenvalue weighted by molar-refractivity contribution is 0.0805. The van der Waals surface area contributed by atoms with Crippen molar-refractivity contribution in [3.8, 4) is 5.75 Å². The lowest BCUT2D eigenvalue weighted by atomic mass is 9.61. The van der Waals surface area contributed by atoms with Gasteiger partial charge in [0.15, 0.2) is 0 Å². The van der Waals surface area contributed by atoms with Crippen LogP contribution >= 0.6 is 0 Å². The molecule has 0 unspecified atom stereocenters. The van der Waals surface area contributed by atoms with Crippen LogP contribution in [0.15, 0.2) is 24.3 Å². The van der Waals surface area contributed by atoms with E-state index in [0.717, 1.165) is 17.3 Å². The molecule has 150 valence electrons. The lowest BCUT2D eigenvalue weighted by Crippen LogP contribution is -2.31. The second-order valence-electron chi connectivity index (χ2n) is 10.1. The average molecular weight is 369 g/mol. The molecule has 3 fully saturated rings. The molecule has 1 N–H and O–H groups in total. The predicted molar refractivity (Wildman–Crippen MR) is 114 cm³/mol. The summed E-state index contributed by atoms with van der Waals surface area (Å²) in [5.74, 6) is 3.06. The number of phenols is 1. The van der Waals surface area contributed by atoms with Crippen LogP contribution in [0.2, 0.25) is 0 Å². The Kier molecular flexibility index (Phi) is 6.46. The van der Waals surface area contributed by atoms with E-state index in [-0.39, 0.29) is 0 Å². The Labute approximate surface area is 167 Å². The fraction of sp³-hybridized carbons (Fsp3) is 0.769. The van der Waals surface area contributed by atoms with Crippen molar-refractivity contribution in [3.63, 3.8) is 0 Å². The van der Waals surface area contributed by atoms with Gasteiger partial charge in [-0.2, -0.15) is 0 Å². The van der Waals surface area contributed by atoms with Crippen LogP contribution in [0.5, 0.6) is 5.75 Å². The minimum Gasteiger partial charge on any atom is -0.508 e. The van der Waals surface area contributed by atoms with Crippen LogP contribution in [0.25, 0.3) is 0 Å². The van der Waals surface area contributed by atoms with Crippen LogP contribution in [0.1, 0.15) is 114 Å². The highest BCUT2D eigenvalue weighted by molar-refractivity contribution is 5.35. The maximum atomic E-state index is 10.2. The summed E-state index contributed by atoms with van der Waals surface area (Å²) in [6, 6.07) is 8.03. The quantitative estimate of drug-likeness (QED) is 0.561. The maximum Gasteiger partial charge on any atom is 0.119 e. The smallest absolute Gasteiger partial charge is 0.119 e. The minimum absolute atomic E-state index is 0.515. The highest BCUT2D eigenvalue weighted by Crippen LogP contribution is 2.51. The van der Waals surface area contributed by atoms with E-state index < -0.39 is 0 Å². The molecule has 0 saturated heterocycles. The SMILES string of the molecule is Oc1ccccc1C1CCC(C2CCC3(CCCCCCCC3)CC2)CC1. The molecule has 3 aliphatic rings. The first-order valence-corrected chi connectivity index (χ1v) is 12.0. The Morgan fingerprint density at radius 3 is 1.81 bits per heavy atom. The minimum atomic E-state index is 0.515. The number of rotatable bonds is 2. The van der Waals surface area contributed by atoms with Gasteiger partial charge in [0.2, 0.25) is 0 Å². The highest BCUT2D eigenvalue weighted by atomic mass is 16.3. The van der Waals surface area contributed by atoms with Crippen molar-refractivity contribution in [2.24, 2.45) is 17.3 Å². The topological polar surface area (TPSA) is 20.2 Å². The van der Waals surface area contributed by atoms with Crippen LogP contribution < -0.4 is 0 Å². The Hall–Kier alpha value is -0.980. The van der Waals surface area contributed by atoms with E-state index in [1.54, 1.807) is 0 Å². The lowest BCUT2D eigenvalue weighted by Gasteiger charge is -2.44. The zero-order chi connectivity index (χ0) is 18.5. The van der Waals surface area contributed by atoms with E-state index in [1.807, 2.05) is 12.1 Å². The number of hydrogen-bond donors (Lipinski definition) is 1. The average Bonchev–Trinajstić information content (AvgIpc) is 2.82. The fourth-order valence-corrected chi connectivity index (χ4v) is 6.79. The molecule has 0 amide bonds. The number of aromatic hydroxyl groups is 1. The first-order valence-electron chi connectivity index (χ1n) is 12.0. The van der Waals surface area contributed by atoms with Gasteiger partial charge in [-0.25, -0.2) is 0 Å². The third-order valence-corrected chi connectivity index (χ3v) is 8.57. The van der Waals surface area contributed by atoms with E-state index >= 15 is 0 Å². The summed E-state index contributed by atoms with van der Waals surface area (Å²) >= 11 is 0. The predicted octanol–water partition coefficient (Wildman–Crippen LogP) is 7.98. The molecule has 3 aliphatic carbocycles. The van der Waals surface area contributed by atoms with Gasteiger partial charge < -0.3 is 5.11 Å². The molecule has 1 aromatic rings. The summed E-state index contributed by atoms with van der Waals surface area (Å²) in [6.07, 6.45) is 23.4. The summed E-state index contributed by atoms with van der Waals surface area (Å²) in [7, 11) is 0. The zero-order valence-electron chi connectivity index (χ0n) is 17.3. The first-order chi connectivity index (χ1) is 13.3. The number of hydrogen-bond acceptors (Lipinski definition) is 1. The van der Waals surface area contributed by atoms with Crippen molar-refractivity contribution in [3.05, 3.63) is 29.8 Å². The Balaban J connectivity index is 1.28. The van der Waals surface area contributed by atoms with Gasteiger partial charge in [-0.3, -0.25) is 0 Å². The van der Waals surface area contributed by atoms with Crippen LogP contribution in [-0.2, 0) is 0 Å². The summed E-state index contributed by atoms with van der Waals surface area (Å²) in [5.41, 5.74) is 1.93. The molecule has 1 heteroatoms. The molecular weight excluding hydrogens is 328 g/mol. The molecule has 3 saturated carbocycles. The maximum absolute atomic E-state index is 10.2. The molecule has 0 aromatic heterocycles. The van der Waals surface area contributed by atoms with Crippen LogP contribution in [0, 0.1) is 17.3 Å². The molecule has 0 aliphatic heterocycles. The van der Waals surface area contributed by atoms with E-state index in [4.69, 9.17) is 0 Å². The van der Waals surface area contributed by atoms with E-state index in [9.17, 15) is 5.11 Å². The summed E-state index contributed by atoms with van der Waals surface area (Å²) in [4.78, 5) is 0. The third kappa shape index (κ3) is 4.72. The molecule has 1 nitrogen and oxygen atoms in total. The monoisotopic (exact) mass is 368 g/mol.